The second kappa shape index (κ2) is 6.15. The van der Waals surface area contributed by atoms with Crippen molar-refractivity contribution < 1.29 is 9.53 Å². The van der Waals surface area contributed by atoms with E-state index in [1.54, 1.807) is 6.20 Å². The molecule has 0 fully saturated rings. The SMILES string of the molecule is COC(=O)C(NCc1cc(=O)n2ccsc2n1)C(C)C. The van der Waals surface area contributed by atoms with Crippen molar-refractivity contribution in [2.75, 3.05) is 7.11 Å². The topological polar surface area (TPSA) is 72.7 Å². The number of methoxy groups -OCH3 is 1. The Morgan fingerprint density at radius 3 is 2.95 bits per heavy atom. The molecule has 0 radical (unpaired) electrons. The summed E-state index contributed by atoms with van der Waals surface area (Å²) in [4.78, 5) is 28.5. The van der Waals surface area contributed by atoms with Gasteiger partial charge < -0.3 is 4.74 Å². The Morgan fingerprint density at radius 1 is 1.55 bits per heavy atom. The van der Waals surface area contributed by atoms with Crippen molar-refractivity contribution in [2.45, 2.75) is 26.4 Å². The Hall–Kier alpha value is -1.73. The molecule has 0 spiro atoms. The quantitative estimate of drug-likeness (QED) is 0.835. The van der Waals surface area contributed by atoms with E-state index in [4.69, 9.17) is 4.74 Å². The summed E-state index contributed by atoms with van der Waals surface area (Å²) >= 11 is 1.40. The fourth-order valence-corrected chi connectivity index (χ4v) is 2.65. The number of nitrogens with zero attached hydrogens (tertiary/aromatic N) is 2. The molecular weight excluding hydrogens is 278 g/mol. The Bertz CT molecular complexity index is 662. The lowest BCUT2D eigenvalue weighted by atomic mass is 10.0. The van der Waals surface area contributed by atoms with Crippen molar-refractivity contribution in [3.8, 4) is 0 Å². The van der Waals surface area contributed by atoms with Gasteiger partial charge in [0.05, 0.1) is 12.8 Å². The standard InChI is InChI=1S/C13H17N3O3S/c1-8(2)11(12(18)19-3)14-7-9-6-10(17)16-4-5-20-13(16)15-9/h4-6,8,11,14H,7H2,1-3H3. The van der Waals surface area contributed by atoms with Gasteiger partial charge in [-0.3, -0.25) is 19.3 Å². The van der Waals surface area contributed by atoms with Gasteiger partial charge in [0.15, 0.2) is 4.96 Å². The Labute approximate surface area is 120 Å². The maximum Gasteiger partial charge on any atom is 0.323 e. The smallest absolute Gasteiger partial charge is 0.323 e. The van der Waals surface area contributed by atoms with Gasteiger partial charge in [0.2, 0.25) is 0 Å². The fourth-order valence-electron chi connectivity index (χ4n) is 1.91. The first-order valence-corrected chi connectivity index (χ1v) is 7.18. The molecule has 1 unspecified atom stereocenters. The van der Waals surface area contributed by atoms with Crippen molar-refractivity contribution in [1.82, 2.24) is 14.7 Å². The average molecular weight is 295 g/mol. The lowest BCUT2D eigenvalue weighted by Gasteiger charge is -2.19. The van der Waals surface area contributed by atoms with E-state index in [1.165, 1.54) is 28.9 Å². The van der Waals surface area contributed by atoms with E-state index in [2.05, 4.69) is 10.3 Å². The molecule has 0 bridgehead atoms. The highest BCUT2D eigenvalue weighted by Gasteiger charge is 2.22. The van der Waals surface area contributed by atoms with E-state index in [0.717, 1.165) is 0 Å². The number of nitrogens with one attached hydrogen (secondary N) is 1. The molecule has 7 heteroatoms. The van der Waals surface area contributed by atoms with Gasteiger partial charge in [0.1, 0.15) is 6.04 Å². The highest BCUT2D eigenvalue weighted by molar-refractivity contribution is 7.15. The summed E-state index contributed by atoms with van der Waals surface area (Å²) in [7, 11) is 1.36. The lowest BCUT2D eigenvalue weighted by molar-refractivity contribution is -0.144. The minimum atomic E-state index is -0.413. The van der Waals surface area contributed by atoms with Crippen molar-refractivity contribution >= 4 is 22.3 Å². The molecule has 6 nitrogen and oxygen atoms in total. The van der Waals surface area contributed by atoms with Crippen LogP contribution in [0, 0.1) is 5.92 Å². The van der Waals surface area contributed by atoms with Crippen LogP contribution >= 0.6 is 11.3 Å². The fraction of sp³-hybridized carbons (Fsp3) is 0.462. The minimum Gasteiger partial charge on any atom is -0.468 e. The average Bonchev–Trinajstić information content (AvgIpc) is 2.87. The second-order valence-corrected chi connectivity index (χ2v) is 5.64. The molecule has 2 heterocycles. The van der Waals surface area contributed by atoms with Gasteiger partial charge in [-0.2, -0.15) is 0 Å². The second-order valence-electron chi connectivity index (χ2n) is 4.77. The van der Waals surface area contributed by atoms with Gasteiger partial charge in [0.25, 0.3) is 5.56 Å². The summed E-state index contributed by atoms with van der Waals surface area (Å²) in [5, 5.41) is 4.90. The Morgan fingerprint density at radius 2 is 2.30 bits per heavy atom. The monoisotopic (exact) mass is 295 g/mol. The third kappa shape index (κ3) is 3.05. The van der Waals surface area contributed by atoms with Crippen molar-refractivity contribution in [3.05, 3.63) is 33.7 Å². The van der Waals surface area contributed by atoms with Crippen LogP contribution in [0.15, 0.2) is 22.4 Å². The highest BCUT2D eigenvalue weighted by atomic mass is 32.1. The minimum absolute atomic E-state index is 0.0917. The van der Waals surface area contributed by atoms with Crippen molar-refractivity contribution in [3.63, 3.8) is 0 Å². The predicted molar refractivity (Wildman–Crippen MR) is 76.8 cm³/mol. The molecule has 20 heavy (non-hydrogen) atoms. The number of carbonyl (C=O) groups is 1. The zero-order chi connectivity index (χ0) is 14.7. The largest absolute Gasteiger partial charge is 0.468 e. The summed E-state index contributed by atoms with van der Waals surface area (Å²) < 4.78 is 6.25. The number of hydrogen-bond donors (Lipinski definition) is 1. The molecule has 108 valence electrons. The normalized spacial score (nSPS) is 12.8. The van der Waals surface area contributed by atoms with Crippen LogP contribution in [-0.2, 0) is 16.1 Å². The summed E-state index contributed by atoms with van der Waals surface area (Å²) in [5.74, 6) is -0.220. The molecule has 0 saturated carbocycles. The molecule has 0 aromatic carbocycles. The number of thiazole rings is 1. The van der Waals surface area contributed by atoms with E-state index >= 15 is 0 Å². The first kappa shape index (κ1) is 14.7. The molecule has 2 aromatic heterocycles. The zero-order valence-electron chi connectivity index (χ0n) is 11.6. The van der Waals surface area contributed by atoms with E-state index in [9.17, 15) is 9.59 Å². The van der Waals surface area contributed by atoms with Crippen molar-refractivity contribution in [2.24, 2.45) is 5.92 Å². The Balaban J connectivity index is 2.15. The van der Waals surface area contributed by atoms with Gasteiger partial charge in [-0.1, -0.05) is 13.8 Å². The number of ether oxygens (including phenoxy) is 1. The number of rotatable bonds is 5. The molecule has 2 rings (SSSR count). The molecule has 0 amide bonds. The van der Waals surface area contributed by atoms with Gasteiger partial charge in [-0.15, -0.1) is 11.3 Å². The van der Waals surface area contributed by atoms with Crippen LogP contribution in [0.2, 0.25) is 0 Å². The first-order valence-electron chi connectivity index (χ1n) is 6.30. The Kier molecular flexibility index (Phi) is 4.51. The van der Waals surface area contributed by atoms with Crippen LogP contribution in [0.4, 0.5) is 0 Å². The molecule has 0 saturated heterocycles. The van der Waals surface area contributed by atoms with E-state index in [0.29, 0.717) is 17.2 Å². The highest BCUT2D eigenvalue weighted by Crippen LogP contribution is 2.08. The maximum absolute atomic E-state index is 11.8. The number of esters is 1. The van der Waals surface area contributed by atoms with Gasteiger partial charge in [-0.05, 0) is 5.92 Å². The van der Waals surface area contributed by atoms with Crippen LogP contribution in [0.1, 0.15) is 19.5 Å². The number of carbonyl (C=O) groups excluding carboxylic acids is 1. The molecule has 0 aliphatic heterocycles. The van der Waals surface area contributed by atoms with Crippen molar-refractivity contribution in [1.29, 1.82) is 0 Å². The van der Waals surface area contributed by atoms with Crippen LogP contribution in [-0.4, -0.2) is 28.5 Å². The first-order chi connectivity index (χ1) is 9.52. The number of hydrogen-bond acceptors (Lipinski definition) is 6. The number of aromatic nitrogens is 2. The zero-order valence-corrected chi connectivity index (χ0v) is 12.4. The summed E-state index contributed by atoms with van der Waals surface area (Å²) in [5.41, 5.74) is 0.499. The molecule has 1 N–H and O–H groups in total. The van der Waals surface area contributed by atoms with Gasteiger partial charge in [0, 0.05) is 24.2 Å². The van der Waals surface area contributed by atoms with Gasteiger partial charge in [-0.25, -0.2) is 4.98 Å². The summed E-state index contributed by atoms with van der Waals surface area (Å²) in [6.07, 6.45) is 1.69. The van der Waals surface area contributed by atoms with Crippen LogP contribution in [0.5, 0.6) is 0 Å². The molecule has 0 aliphatic rings. The third-order valence-corrected chi connectivity index (χ3v) is 3.74. The summed E-state index contributed by atoms with van der Waals surface area (Å²) in [6, 6.07) is 1.06. The predicted octanol–water partition coefficient (Wildman–Crippen LogP) is 1.04. The van der Waals surface area contributed by atoms with E-state index < -0.39 is 6.04 Å². The van der Waals surface area contributed by atoms with E-state index in [1.807, 2.05) is 19.2 Å². The maximum atomic E-state index is 11.8. The summed E-state index contributed by atoms with van der Waals surface area (Å²) in [6.45, 7) is 4.21. The number of fused-ring (bicyclic) bond motifs is 1. The third-order valence-electron chi connectivity index (χ3n) is 2.98. The van der Waals surface area contributed by atoms with Crippen LogP contribution in [0.3, 0.4) is 0 Å². The van der Waals surface area contributed by atoms with Crippen LogP contribution in [0.25, 0.3) is 4.96 Å². The van der Waals surface area contributed by atoms with Crippen LogP contribution < -0.4 is 10.9 Å². The lowest BCUT2D eigenvalue weighted by Crippen LogP contribution is -2.41. The molecular formula is C13H17N3O3S. The van der Waals surface area contributed by atoms with Gasteiger partial charge >= 0.3 is 5.97 Å². The molecule has 0 aliphatic carbocycles. The van der Waals surface area contributed by atoms with E-state index in [-0.39, 0.29) is 17.4 Å². The molecule has 1 atom stereocenters. The molecule has 2 aromatic rings.